The van der Waals surface area contributed by atoms with Crippen LogP contribution in [0.2, 0.25) is 0 Å². The summed E-state index contributed by atoms with van der Waals surface area (Å²) in [4.78, 5) is 4.82. The fourth-order valence-electron chi connectivity index (χ4n) is 2.89. The highest BCUT2D eigenvalue weighted by molar-refractivity contribution is 9.10. The molecule has 1 N–H and O–H groups in total. The molecule has 20 heavy (non-hydrogen) atoms. The molecule has 2 aromatic rings. The second-order valence-electron chi connectivity index (χ2n) is 5.42. The molecule has 4 heteroatoms. The first-order chi connectivity index (χ1) is 9.70. The van der Waals surface area contributed by atoms with Gasteiger partial charge in [-0.25, -0.2) is 4.98 Å². The summed E-state index contributed by atoms with van der Waals surface area (Å²) in [5, 5.41) is 3.18. The van der Waals surface area contributed by atoms with Crippen LogP contribution in [0.5, 0.6) is 0 Å². The predicted octanol–water partition coefficient (Wildman–Crippen LogP) is 3.10. The van der Waals surface area contributed by atoms with Gasteiger partial charge in [-0.1, -0.05) is 12.1 Å². The lowest BCUT2D eigenvalue weighted by molar-refractivity contribution is 0.713. The third-order valence-electron chi connectivity index (χ3n) is 4.09. The van der Waals surface area contributed by atoms with Crippen LogP contribution in [0.15, 0.2) is 22.8 Å². The van der Waals surface area contributed by atoms with E-state index >= 15 is 0 Å². The minimum absolute atomic E-state index is 0.941. The maximum Gasteiger partial charge on any atom is 0.112 e. The van der Waals surface area contributed by atoms with Crippen LogP contribution >= 0.6 is 15.9 Å². The Kier molecular flexibility index (Phi) is 3.94. The van der Waals surface area contributed by atoms with Crippen LogP contribution in [0.25, 0.3) is 11.3 Å². The number of fused-ring (bicyclic) bond motifs is 1. The molecule has 3 nitrogen and oxygen atoms in total. The van der Waals surface area contributed by atoms with Crippen molar-refractivity contribution < 1.29 is 0 Å². The number of hydrogen-bond acceptors (Lipinski definition) is 2. The summed E-state index contributed by atoms with van der Waals surface area (Å²) < 4.78 is 3.21. The van der Waals surface area contributed by atoms with E-state index in [1.54, 1.807) is 0 Å². The molecule has 0 spiro atoms. The molecular weight excluding hydrogens is 314 g/mol. The van der Waals surface area contributed by atoms with E-state index in [-0.39, 0.29) is 0 Å². The maximum atomic E-state index is 4.82. The zero-order chi connectivity index (χ0) is 14.1. The van der Waals surface area contributed by atoms with E-state index in [0.717, 1.165) is 29.1 Å². The number of nitrogens with one attached hydrogen (secondary N) is 1. The molecule has 1 aliphatic rings. The second kappa shape index (κ2) is 5.70. The number of aromatic nitrogens is 2. The van der Waals surface area contributed by atoms with Gasteiger partial charge in [-0.2, -0.15) is 0 Å². The molecular formula is C16H20BrN3. The number of hydrogen-bond donors (Lipinski definition) is 1. The predicted molar refractivity (Wildman–Crippen MR) is 86.0 cm³/mol. The summed E-state index contributed by atoms with van der Waals surface area (Å²) in [6.45, 7) is 0.945. The molecule has 1 aliphatic carbocycles. The van der Waals surface area contributed by atoms with Crippen LogP contribution in [0.4, 0.5) is 0 Å². The minimum Gasteiger partial charge on any atom is -0.325 e. The Hall–Kier alpha value is -1.13. The zero-order valence-corrected chi connectivity index (χ0v) is 13.6. The van der Waals surface area contributed by atoms with E-state index in [0.29, 0.717) is 0 Å². The van der Waals surface area contributed by atoms with Crippen molar-refractivity contribution in [2.75, 3.05) is 13.6 Å². The number of imidazole rings is 1. The average Bonchev–Trinajstić information content (AvgIpc) is 3.03. The molecule has 0 unspecified atom stereocenters. The van der Waals surface area contributed by atoms with Gasteiger partial charge in [0.2, 0.25) is 0 Å². The van der Waals surface area contributed by atoms with Crippen molar-refractivity contribution in [3.8, 4) is 11.3 Å². The van der Waals surface area contributed by atoms with Gasteiger partial charge in [0.05, 0.1) is 0 Å². The van der Waals surface area contributed by atoms with Gasteiger partial charge in [0, 0.05) is 25.6 Å². The largest absolute Gasteiger partial charge is 0.325 e. The fourth-order valence-corrected chi connectivity index (χ4v) is 3.41. The summed E-state index contributed by atoms with van der Waals surface area (Å²) in [5.74, 6) is 1.11. The molecule has 0 bridgehead atoms. The molecule has 0 atom stereocenters. The molecule has 0 amide bonds. The lowest BCUT2D eigenvalue weighted by Crippen LogP contribution is -2.13. The first-order valence-electron chi connectivity index (χ1n) is 7.18. The van der Waals surface area contributed by atoms with Gasteiger partial charge in [-0.3, -0.25) is 0 Å². The molecule has 1 aromatic heterocycles. The number of aryl methyl sites for hydroxylation is 2. The SMILES string of the molecule is CNCCc1nc(-c2ccc3c(c2)CCC3)c(Br)n1C. The monoisotopic (exact) mass is 333 g/mol. The minimum atomic E-state index is 0.941. The van der Waals surface area contributed by atoms with E-state index in [9.17, 15) is 0 Å². The van der Waals surface area contributed by atoms with Crippen molar-refractivity contribution in [2.24, 2.45) is 7.05 Å². The Morgan fingerprint density at radius 2 is 2.10 bits per heavy atom. The molecule has 106 valence electrons. The first kappa shape index (κ1) is 13.8. The highest BCUT2D eigenvalue weighted by atomic mass is 79.9. The molecule has 0 fully saturated rings. The molecule has 3 rings (SSSR count). The number of halogens is 1. The Bertz CT molecular complexity index is 631. The third-order valence-corrected chi connectivity index (χ3v) is 5.00. The van der Waals surface area contributed by atoms with Crippen molar-refractivity contribution >= 4 is 15.9 Å². The smallest absolute Gasteiger partial charge is 0.112 e. The van der Waals surface area contributed by atoms with Crippen LogP contribution in [0.1, 0.15) is 23.4 Å². The normalized spacial score (nSPS) is 13.8. The first-order valence-corrected chi connectivity index (χ1v) is 7.98. The van der Waals surface area contributed by atoms with Crippen LogP contribution in [0.3, 0.4) is 0 Å². The summed E-state index contributed by atoms with van der Waals surface area (Å²) in [5.41, 5.74) is 5.30. The highest BCUT2D eigenvalue weighted by Crippen LogP contribution is 2.32. The molecule has 1 aromatic carbocycles. The molecule has 0 saturated heterocycles. The van der Waals surface area contributed by atoms with E-state index in [2.05, 4.69) is 51.1 Å². The average molecular weight is 334 g/mol. The van der Waals surface area contributed by atoms with Crippen LogP contribution in [0, 0.1) is 0 Å². The number of benzene rings is 1. The molecule has 0 radical (unpaired) electrons. The van der Waals surface area contributed by atoms with E-state index < -0.39 is 0 Å². The van der Waals surface area contributed by atoms with Crippen molar-refractivity contribution in [1.82, 2.24) is 14.9 Å². The van der Waals surface area contributed by atoms with Gasteiger partial charge in [-0.05, 0) is 59.4 Å². The van der Waals surface area contributed by atoms with Crippen molar-refractivity contribution in [1.29, 1.82) is 0 Å². The van der Waals surface area contributed by atoms with Crippen molar-refractivity contribution in [3.63, 3.8) is 0 Å². The summed E-state index contributed by atoms with van der Waals surface area (Å²) in [6.07, 6.45) is 4.67. The Morgan fingerprint density at radius 3 is 2.90 bits per heavy atom. The van der Waals surface area contributed by atoms with Gasteiger partial charge in [0.15, 0.2) is 0 Å². The van der Waals surface area contributed by atoms with Gasteiger partial charge >= 0.3 is 0 Å². The number of likely N-dealkylation sites (N-methyl/N-ethyl adjacent to an activating group) is 1. The Morgan fingerprint density at radius 1 is 1.30 bits per heavy atom. The van der Waals surface area contributed by atoms with Crippen molar-refractivity contribution in [2.45, 2.75) is 25.7 Å². The quantitative estimate of drug-likeness (QED) is 0.931. The van der Waals surface area contributed by atoms with Crippen LogP contribution in [-0.2, 0) is 26.3 Å². The molecule has 0 saturated carbocycles. The zero-order valence-electron chi connectivity index (χ0n) is 12.0. The molecule has 1 heterocycles. The van der Waals surface area contributed by atoms with E-state index in [1.807, 2.05) is 7.05 Å². The number of nitrogens with zero attached hydrogens (tertiary/aromatic N) is 2. The van der Waals surface area contributed by atoms with Gasteiger partial charge in [0.25, 0.3) is 0 Å². The lowest BCUT2D eigenvalue weighted by atomic mass is 10.0. The maximum absolute atomic E-state index is 4.82. The topological polar surface area (TPSA) is 29.9 Å². The standard InChI is InChI=1S/C16H20BrN3/c1-18-9-8-14-19-15(16(17)20(14)2)13-7-6-11-4-3-5-12(11)10-13/h6-7,10,18H,3-5,8-9H2,1-2H3. The van der Waals surface area contributed by atoms with E-state index in [1.165, 1.54) is 36.0 Å². The summed E-state index contributed by atoms with van der Waals surface area (Å²) in [7, 11) is 4.04. The second-order valence-corrected chi connectivity index (χ2v) is 6.17. The Balaban J connectivity index is 1.97. The summed E-state index contributed by atoms with van der Waals surface area (Å²) >= 11 is 3.69. The van der Waals surface area contributed by atoms with Crippen molar-refractivity contribution in [3.05, 3.63) is 39.8 Å². The highest BCUT2D eigenvalue weighted by Gasteiger charge is 2.17. The van der Waals surface area contributed by atoms with Gasteiger partial charge in [-0.15, -0.1) is 0 Å². The fraction of sp³-hybridized carbons (Fsp3) is 0.438. The van der Waals surface area contributed by atoms with E-state index in [4.69, 9.17) is 4.98 Å². The van der Waals surface area contributed by atoms with Gasteiger partial charge < -0.3 is 9.88 Å². The van der Waals surface area contributed by atoms with Crippen LogP contribution in [-0.4, -0.2) is 23.1 Å². The number of rotatable bonds is 4. The third kappa shape index (κ3) is 2.42. The van der Waals surface area contributed by atoms with Gasteiger partial charge in [0.1, 0.15) is 16.1 Å². The summed E-state index contributed by atoms with van der Waals surface area (Å²) in [6, 6.07) is 6.79. The molecule has 0 aliphatic heterocycles. The Labute approximate surface area is 128 Å². The lowest BCUT2D eigenvalue weighted by Gasteiger charge is -2.03. The van der Waals surface area contributed by atoms with Crippen LogP contribution < -0.4 is 5.32 Å².